The molecule has 1 atom stereocenters. The molecule has 0 heterocycles. The summed E-state index contributed by atoms with van der Waals surface area (Å²) in [6, 6.07) is 14.0. The number of hydrogen-bond acceptors (Lipinski definition) is 4. The predicted molar refractivity (Wildman–Crippen MR) is 103 cm³/mol. The molecular weight excluding hydrogens is 344 g/mol. The van der Waals surface area contributed by atoms with E-state index in [1.165, 1.54) is 24.9 Å². The highest BCUT2D eigenvalue weighted by Gasteiger charge is 2.34. The van der Waals surface area contributed by atoms with Gasteiger partial charge in [-0.1, -0.05) is 49.7 Å². The summed E-state index contributed by atoms with van der Waals surface area (Å²) in [6.07, 6.45) is 2.15. The third-order valence-electron chi connectivity index (χ3n) is 4.33. The number of carbonyl (C=O) groups excluding carboxylic acids is 2. The first-order valence-electron chi connectivity index (χ1n) is 8.92. The molecule has 0 aliphatic carbocycles. The van der Waals surface area contributed by atoms with Crippen molar-refractivity contribution in [2.45, 2.75) is 45.3 Å². The van der Waals surface area contributed by atoms with E-state index in [0.29, 0.717) is 5.56 Å². The van der Waals surface area contributed by atoms with Crippen molar-refractivity contribution >= 4 is 11.8 Å². The van der Waals surface area contributed by atoms with E-state index in [9.17, 15) is 14.7 Å². The number of rotatable bonds is 7. The molecule has 2 aromatic carbocycles. The van der Waals surface area contributed by atoms with Crippen molar-refractivity contribution < 1.29 is 19.9 Å². The average molecular weight is 370 g/mol. The van der Waals surface area contributed by atoms with E-state index in [-0.39, 0.29) is 0 Å². The van der Waals surface area contributed by atoms with Crippen molar-refractivity contribution in [2.24, 2.45) is 0 Å². The fraction of sp³-hybridized carbons (Fsp3) is 0.333. The molecule has 6 nitrogen and oxygen atoms in total. The second-order valence-corrected chi connectivity index (χ2v) is 7.06. The van der Waals surface area contributed by atoms with E-state index in [0.717, 1.165) is 24.0 Å². The molecule has 0 aromatic heterocycles. The molecule has 0 unspecified atom stereocenters. The highest BCUT2D eigenvalue weighted by molar-refractivity contribution is 5.98. The number of aliphatic hydroxyl groups is 1. The lowest BCUT2D eigenvalue weighted by Gasteiger charge is -2.28. The van der Waals surface area contributed by atoms with Crippen LogP contribution in [0.25, 0.3) is 11.1 Å². The van der Waals surface area contributed by atoms with Crippen molar-refractivity contribution in [3.63, 3.8) is 0 Å². The Kier molecular flexibility index (Phi) is 6.71. The molecule has 2 rings (SSSR count). The average Bonchev–Trinajstić information content (AvgIpc) is 2.65. The molecule has 0 fully saturated rings. The topological polar surface area (TPSA) is 98.7 Å². The Morgan fingerprint density at radius 3 is 1.96 bits per heavy atom. The van der Waals surface area contributed by atoms with Gasteiger partial charge in [0.1, 0.15) is 6.04 Å². The van der Waals surface area contributed by atoms with Crippen molar-refractivity contribution in [3.05, 3.63) is 59.7 Å². The molecule has 0 spiro atoms. The molecule has 0 radical (unpaired) electrons. The van der Waals surface area contributed by atoms with Crippen LogP contribution in [0.5, 0.6) is 0 Å². The molecule has 0 bridgehead atoms. The summed E-state index contributed by atoms with van der Waals surface area (Å²) < 4.78 is 0. The number of hydrogen-bond donors (Lipinski definition) is 4. The van der Waals surface area contributed by atoms with Gasteiger partial charge in [0.2, 0.25) is 0 Å². The van der Waals surface area contributed by atoms with E-state index >= 15 is 0 Å². The van der Waals surface area contributed by atoms with Crippen LogP contribution in [0.3, 0.4) is 0 Å². The normalized spacial score (nSPS) is 12.3. The molecule has 2 aromatic rings. The summed E-state index contributed by atoms with van der Waals surface area (Å²) in [6.45, 7) is 4.89. The van der Waals surface area contributed by atoms with Crippen molar-refractivity contribution in [2.75, 3.05) is 0 Å². The summed E-state index contributed by atoms with van der Waals surface area (Å²) in [5, 5.41) is 21.3. The predicted octanol–water partition coefficient (Wildman–Crippen LogP) is 2.68. The summed E-state index contributed by atoms with van der Waals surface area (Å²) >= 11 is 0. The maximum atomic E-state index is 12.4. The number of carbonyl (C=O) groups is 2. The molecule has 144 valence electrons. The SMILES string of the molecule is CCCc1ccc(-c2ccc(C(=O)N[C@@H](C(=O)NO)C(C)(C)O)cc2)cc1. The minimum atomic E-state index is -1.54. The largest absolute Gasteiger partial charge is 0.388 e. The van der Waals surface area contributed by atoms with Gasteiger partial charge in [0.25, 0.3) is 11.8 Å². The first-order valence-corrected chi connectivity index (χ1v) is 8.92. The number of nitrogens with one attached hydrogen (secondary N) is 2. The van der Waals surface area contributed by atoms with Crippen LogP contribution in [-0.2, 0) is 11.2 Å². The Balaban J connectivity index is 2.13. The van der Waals surface area contributed by atoms with E-state index < -0.39 is 23.5 Å². The van der Waals surface area contributed by atoms with E-state index in [1.54, 1.807) is 12.1 Å². The number of amides is 2. The third kappa shape index (κ3) is 5.39. The molecule has 0 aliphatic rings. The zero-order valence-corrected chi connectivity index (χ0v) is 15.8. The lowest BCUT2D eigenvalue weighted by atomic mass is 9.97. The minimum absolute atomic E-state index is 0.348. The lowest BCUT2D eigenvalue weighted by molar-refractivity contribution is -0.136. The summed E-state index contributed by atoms with van der Waals surface area (Å²) in [5.41, 5.74) is 3.58. The van der Waals surface area contributed by atoms with Gasteiger partial charge in [-0.3, -0.25) is 14.8 Å². The van der Waals surface area contributed by atoms with Crippen LogP contribution >= 0.6 is 0 Å². The van der Waals surface area contributed by atoms with Crippen LogP contribution in [0, 0.1) is 0 Å². The lowest BCUT2D eigenvalue weighted by Crippen LogP contribution is -2.57. The van der Waals surface area contributed by atoms with Gasteiger partial charge < -0.3 is 10.4 Å². The molecule has 2 amide bonds. The molecular formula is C21H26N2O4. The Labute approximate surface area is 159 Å². The van der Waals surface area contributed by atoms with Gasteiger partial charge in [0.05, 0.1) is 5.60 Å². The smallest absolute Gasteiger partial charge is 0.268 e. The fourth-order valence-electron chi connectivity index (χ4n) is 2.81. The number of hydroxylamine groups is 1. The zero-order chi connectivity index (χ0) is 20.0. The van der Waals surface area contributed by atoms with Crippen LogP contribution in [0.1, 0.15) is 43.1 Å². The van der Waals surface area contributed by atoms with Gasteiger partial charge in [-0.15, -0.1) is 0 Å². The van der Waals surface area contributed by atoms with E-state index in [1.807, 2.05) is 12.1 Å². The van der Waals surface area contributed by atoms with Crippen LogP contribution in [-0.4, -0.2) is 33.8 Å². The molecule has 0 saturated carbocycles. The molecule has 4 N–H and O–H groups in total. The molecule has 0 aliphatic heterocycles. The zero-order valence-electron chi connectivity index (χ0n) is 15.8. The Morgan fingerprint density at radius 2 is 1.52 bits per heavy atom. The second kappa shape index (κ2) is 8.79. The van der Waals surface area contributed by atoms with Crippen molar-refractivity contribution in [1.82, 2.24) is 10.8 Å². The van der Waals surface area contributed by atoms with E-state index in [4.69, 9.17) is 5.21 Å². The fourth-order valence-corrected chi connectivity index (χ4v) is 2.81. The van der Waals surface area contributed by atoms with E-state index in [2.05, 4.69) is 36.5 Å². The second-order valence-electron chi connectivity index (χ2n) is 7.06. The molecule has 6 heteroatoms. The summed E-state index contributed by atoms with van der Waals surface area (Å²) in [7, 11) is 0. The van der Waals surface area contributed by atoms with Crippen LogP contribution in [0.15, 0.2) is 48.5 Å². The van der Waals surface area contributed by atoms with Gasteiger partial charge in [-0.2, -0.15) is 0 Å². The maximum Gasteiger partial charge on any atom is 0.268 e. The van der Waals surface area contributed by atoms with Gasteiger partial charge in [0.15, 0.2) is 0 Å². The third-order valence-corrected chi connectivity index (χ3v) is 4.33. The van der Waals surface area contributed by atoms with Gasteiger partial charge in [-0.05, 0) is 49.1 Å². The van der Waals surface area contributed by atoms with Gasteiger partial charge in [-0.25, -0.2) is 5.48 Å². The highest BCUT2D eigenvalue weighted by Crippen LogP contribution is 2.21. The van der Waals surface area contributed by atoms with Crippen LogP contribution < -0.4 is 10.8 Å². The maximum absolute atomic E-state index is 12.4. The standard InChI is InChI=1S/C21H26N2O4/c1-4-5-14-6-8-15(9-7-14)16-10-12-17(13-11-16)19(24)22-18(20(25)23-27)21(2,3)26/h6-13,18,26-27H,4-5H2,1-3H3,(H,22,24)(H,23,25)/t18-/m0/s1. The van der Waals surface area contributed by atoms with Gasteiger partial charge >= 0.3 is 0 Å². The molecule has 27 heavy (non-hydrogen) atoms. The highest BCUT2D eigenvalue weighted by atomic mass is 16.5. The quantitative estimate of drug-likeness (QED) is 0.445. The van der Waals surface area contributed by atoms with Crippen LogP contribution in [0.2, 0.25) is 0 Å². The number of benzene rings is 2. The van der Waals surface area contributed by atoms with Gasteiger partial charge in [0, 0.05) is 5.56 Å². The van der Waals surface area contributed by atoms with Crippen molar-refractivity contribution in [1.29, 1.82) is 0 Å². The summed E-state index contributed by atoms with van der Waals surface area (Å²) in [4.78, 5) is 24.1. The Bertz CT molecular complexity index is 777. The first-order chi connectivity index (χ1) is 12.8. The summed E-state index contributed by atoms with van der Waals surface area (Å²) in [5.74, 6) is -1.41. The molecule has 0 saturated heterocycles. The van der Waals surface area contributed by atoms with Crippen molar-refractivity contribution in [3.8, 4) is 11.1 Å². The minimum Gasteiger partial charge on any atom is -0.388 e. The first kappa shape index (κ1) is 20.6. The monoisotopic (exact) mass is 370 g/mol. The Morgan fingerprint density at radius 1 is 1.00 bits per heavy atom. The Hall–Kier alpha value is -2.70. The van der Waals surface area contributed by atoms with Crippen LogP contribution in [0.4, 0.5) is 0 Å². The number of aryl methyl sites for hydroxylation is 1.